The minimum absolute atomic E-state index is 0.182. The summed E-state index contributed by atoms with van der Waals surface area (Å²) in [6.07, 6.45) is 4.26. The Morgan fingerprint density at radius 3 is 2.35 bits per heavy atom. The fourth-order valence-electron chi connectivity index (χ4n) is 1.77. The minimum Gasteiger partial charge on any atom is -0.499 e. The van der Waals surface area contributed by atoms with Gasteiger partial charge in [-0.3, -0.25) is 0 Å². The van der Waals surface area contributed by atoms with Crippen LogP contribution in [0.15, 0.2) is 42.2 Å². The topological polar surface area (TPSA) is 9.23 Å². The molecule has 1 aromatic carbocycles. The molecule has 0 spiro atoms. The summed E-state index contributed by atoms with van der Waals surface area (Å²) in [7, 11) is 0. The molecule has 0 unspecified atom stereocenters. The van der Waals surface area contributed by atoms with E-state index in [0.29, 0.717) is 0 Å². The van der Waals surface area contributed by atoms with Gasteiger partial charge in [-0.25, -0.2) is 0 Å². The van der Waals surface area contributed by atoms with Gasteiger partial charge in [-0.15, -0.1) is 0 Å². The molecule has 0 aliphatic rings. The number of hydrogen-bond donors (Lipinski definition) is 0. The van der Waals surface area contributed by atoms with Crippen LogP contribution in [0.3, 0.4) is 0 Å². The lowest BCUT2D eigenvalue weighted by Gasteiger charge is -2.16. The molecule has 0 radical (unpaired) electrons. The molecule has 0 heterocycles. The zero-order chi connectivity index (χ0) is 12.7. The van der Waals surface area contributed by atoms with Crippen molar-refractivity contribution in [1.82, 2.24) is 0 Å². The molecule has 0 aromatic heterocycles. The van der Waals surface area contributed by atoms with Crippen LogP contribution in [0.4, 0.5) is 0 Å². The number of aryl methyl sites for hydroxylation is 1. The second-order valence-corrected chi connectivity index (χ2v) is 5.40. The Kier molecular flexibility index (Phi) is 5.27. The molecule has 0 atom stereocenters. The number of rotatable bonds is 5. The van der Waals surface area contributed by atoms with E-state index in [1.807, 2.05) is 6.92 Å². The zero-order valence-electron chi connectivity index (χ0n) is 11.5. The van der Waals surface area contributed by atoms with E-state index in [1.165, 1.54) is 5.56 Å². The van der Waals surface area contributed by atoms with Crippen LogP contribution in [0.1, 0.15) is 39.7 Å². The zero-order valence-corrected chi connectivity index (χ0v) is 11.5. The summed E-state index contributed by atoms with van der Waals surface area (Å²) in [5.74, 6) is 1.11. The summed E-state index contributed by atoms with van der Waals surface area (Å²) in [6, 6.07) is 10.6. The van der Waals surface area contributed by atoms with E-state index >= 15 is 0 Å². The Hall–Kier alpha value is -1.24. The maximum Gasteiger partial charge on any atom is 0.0928 e. The SMILES string of the molecule is CCO/C(=C\C(C)(C)C)CCc1ccccc1. The van der Waals surface area contributed by atoms with Crippen molar-refractivity contribution in [3.63, 3.8) is 0 Å². The molecule has 1 nitrogen and oxygen atoms in total. The van der Waals surface area contributed by atoms with Crippen LogP contribution >= 0.6 is 0 Å². The lowest BCUT2D eigenvalue weighted by Crippen LogP contribution is -2.04. The average Bonchev–Trinajstić information content (AvgIpc) is 2.26. The number of benzene rings is 1. The average molecular weight is 232 g/mol. The maximum atomic E-state index is 5.70. The van der Waals surface area contributed by atoms with E-state index in [9.17, 15) is 0 Å². The Morgan fingerprint density at radius 2 is 1.82 bits per heavy atom. The lowest BCUT2D eigenvalue weighted by atomic mass is 9.94. The fraction of sp³-hybridized carbons (Fsp3) is 0.500. The van der Waals surface area contributed by atoms with E-state index in [0.717, 1.165) is 25.2 Å². The fourth-order valence-corrected chi connectivity index (χ4v) is 1.77. The van der Waals surface area contributed by atoms with Crippen molar-refractivity contribution in [3.05, 3.63) is 47.7 Å². The van der Waals surface area contributed by atoms with Crippen LogP contribution in [-0.2, 0) is 11.2 Å². The highest BCUT2D eigenvalue weighted by atomic mass is 16.5. The second-order valence-electron chi connectivity index (χ2n) is 5.40. The molecule has 0 saturated carbocycles. The molecule has 0 fully saturated rings. The van der Waals surface area contributed by atoms with Crippen molar-refractivity contribution < 1.29 is 4.74 Å². The standard InChI is InChI=1S/C16H24O/c1-5-17-15(13-16(2,3)4)12-11-14-9-7-6-8-10-14/h6-10,13H,5,11-12H2,1-4H3/b15-13-. The van der Waals surface area contributed by atoms with Crippen LogP contribution in [0.25, 0.3) is 0 Å². The highest BCUT2D eigenvalue weighted by Crippen LogP contribution is 2.21. The predicted octanol–water partition coefficient (Wildman–Crippen LogP) is 4.59. The first kappa shape index (κ1) is 13.8. The summed E-state index contributed by atoms with van der Waals surface area (Å²) in [5.41, 5.74) is 1.55. The van der Waals surface area contributed by atoms with Crippen molar-refractivity contribution in [3.8, 4) is 0 Å². The molecule has 0 aliphatic carbocycles. The molecule has 0 amide bonds. The third kappa shape index (κ3) is 6.15. The van der Waals surface area contributed by atoms with E-state index in [4.69, 9.17) is 4.74 Å². The minimum atomic E-state index is 0.182. The van der Waals surface area contributed by atoms with E-state index in [1.54, 1.807) is 0 Å². The highest BCUT2D eigenvalue weighted by molar-refractivity contribution is 5.16. The van der Waals surface area contributed by atoms with Crippen LogP contribution in [0.5, 0.6) is 0 Å². The Morgan fingerprint density at radius 1 is 1.18 bits per heavy atom. The van der Waals surface area contributed by atoms with Crippen LogP contribution < -0.4 is 0 Å². The molecular formula is C16H24O. The molecule has 17 heavy (non-hydrogen) atoms. The summed E-state index contributed by atoms with van der Waals surface area (Å²) in [5, 5.41) is 0. The van der Waals surface area contributed by atoms with Gasteiger partial charge in [-0.2, -0.15) is 0 Å². The number of hydrogen-bond acceptors (Lipinski definition) is 1. The van der Waals surface area contributed by atoms with Gasteiger partial charge in [0.25, 0.3) is 0 Å². The van der Waals surface area contributed by atoms with Crippen LogP contribution in [-0.4, -0.2) is 6.61 Å². The summed E-state index contributed by atoms with van der Waals surface area (Å²) in [6.45, 7) is 9.40. The number of allylic oxidation sites excluding steroid dienone is 2. The highest BCUT2D eigenvalue weighted by Gasteiger charge is 2.09. The van der Waals surface area contributed by atoms with E-state index in [-0.39, 0.29) is 5.41 Å². The first-order valence-electron chi connectivity index (χ1n) is 6.40. The third-order valence-electron chi connectivity index (χ3n) is 2.43. The van der Waals surface area contributed by atoms with Gasteiger partial charge >= 0.3 is 0 Å². The van der Waals surface area contributed by atoms with Gasteiger partial charge in [0.05, 0.1) is 12.4 Å². The van der Waals surface area contributed by atoms with Crippen LogP contribution in [0.2, 0.25) is 0 Å². The van der Waals surface area contributed by atoms with Crippen molar-refractivity contribution in [2.75, 3.05) is 6.61 Å². The monoisotopic (exact) mass is 232 g/mol. The number of ether oxygens (including phenoxy) is 1. The van der Waals surface area contributed by atoms with Crippen LogP contribution in [0, 0.1) is 5.41 Å². The molecule has 0 saturated heterocycles. The quantitative estimate of drug-likeness (QED) is 0.675. The van der Waals surface area contributed by atoms with E-state index < -0.39 is 0 Å². The summed E-state index contributed by atoms with van der Waals surface area (Å²) in [4.78, 5) is 0. The van der Waals surface area contributed by atoms with Gasteiger partial charge in [0, 0.05) is 6.42 Å². The van der Waals surface area contributed by atoms with Gasteiger partial charge in [0.15, 0.2) is 0 Å². The molecule has 1 aromatic rings. The Labute approximate surface area is 106 Å². The van der Waals surface area contributed by atoms with Gasteiger partial charge in [-0.1, -0.05) is 51.1 Å². The lowest BCUT2D eigenvalue weighted by molar-refractivity contribution is 0.212. The smallest absolute Gasteiger partial charge is 0.0928 e. The predicted molar refractivity (Wildman–Crippen MR) is 73.9 cm³/mol. The normalized spacial score (nSPS) is 12.6. The maximum absolute atomic E-state index is 5.70. The largest absolute Gasteiger partial charge is 0.499 e. The Balaban J connectivity index is 2.59. The first-order chi connectivity index (χ1) is 8.01. The molecule has 0 N–H and O–H groups in total. The van der Waals surface area contributed by atoms with Crippen molar-refractivity contribution in [2.24, 2.45) is 5.41 Å². The molecule has 1 heteroatoms. The second kappa shape index (κ2) is 6.48. The first-order valence-corrected chi connectivity index (χ1v) is 6.40. The van der Waals surface area contributed by atoms with Gasteiger partial charge in [-0.05, 0) is 30.4 Å². The van der Waals surface area contributed by atoms with Gasteiger partial charge < -0.3 is 4.74 Å². The summed E-state index contributed by atoms with van der Waals surface area (Å²) < 4.78 is 5.70. The Bertz CT molecular complexity index is 344. The molecule has 0 bridgehead atoms. The van der Waals surface area contributed by atoms with E-state index in [2.05, 4.69) is 57.2 Å². The van der Waals surface area contributed by atoms with Crippen molar-refractivity contribution in [1.29, 1.82) is 0 Å². The third-order valence-corrected chi connectivity index (χ3v) is 2.43. The molecule has 0 aliphatic heterocycles. The van der Waals surface area contributed by atoms with Crippen molar-refractivity contribution >= 4 is 0 Å². The van der Waals surface area contributed by atoms with Crippen molar-refractivity contribution in [2.45, 2.75) is 40.5 Å². The van der Waals surface area contributed by atoms with Gasteiger partial charge in [0.2, 0.25) is 0 Å². The molecule has 94 valence electrons. The molecular weight excluding hydrogens is 208 g/mol. The molecule has 1 rings (SSSR count). The summed E-state index contributed by atoms with van der Waals surface area (Å²) >= 11 is 0. The van der Waals surface area contributed by atoms with Gasteiger partial charge in [0.1, 0.15) is 0 Å².